The number of rotatable bonds is 4. The predicted octanol–water partition coefficient (Wildman–Crippen LogP) is 0.397. The van der Waals surface area contributed by atoms with Crippen molar-refractivity contribution in [2.45, 2.75) is 25.2 Å². The van der Waals surface area contributed by atoms with Crippen molar-refractivity contribution < 1.29 is 17.6 Å². The summed E-state index contributed by atoms with van der Waals surface area (Å²) in [5, 5.41) is 8.25. The second-order valence-corrected chi connectivity index (χ2v) is 8.60. The summed E-state index contributed by atoms with van der Waals surface area (Å²) in [7, 11) is -3.16. The van der Waals surface area contributed by atoms with E-state index >= 15 is 0 Å². The Morgan fingerprint density at radius 1 is 1.38 bits per heavy atom. The van der Waals surface area contributed by atoms with Crippen LogP contribution in [0.2, 0.25) is 0 Å². The van der Waals surface area contributed by atoms with Crippen molar-refractivity contribution >= 4 is 10.0 Å². The Bertz CT molecular complexity index is 654. The first-order chi connectivity index (χ1) is 9.96. The van der Waals surface area contributed by atoms with Gasteiger partial charge >= 0.3 is 0 Å². The van der Waals surface area contributed by atoms with Crippen molar-refractivity contribution in [2.24, 2.45) is 11.3 Å². The van der Waals surface area contributed by atoms with Gasteiger partial charge in [-0.2, -0.15) is 0 Å². The SMILES string of the molecule is CS(=O)(=O)N1C[C@@H]2COC[C@]2(Cc2nnc(C3CC3)o2)C1. The van der Waals surface area contributed by atoms with E-state index in [1.54, 1.807) is 4.31 Å². The minimum Gasteiger partial charge on any atom is -0.425 e. The third-order valence-electron chi connectivity index (χ3n) is 4.87. The van der Waals surface area contributed by atoms with Crippen LogP contribution in [0.15, 0.2) is 4.42 Å². The van der Waals surface area contributed by atoms with Crippen LogP contribution in [0.1, 0.15) is 30.5 Å². The van der Waals surface area contributed by atoms with Gasteiger partial charge in [-0.15, -0.1) is 10.2 Å². The molecule has 21 heavy (non-hydrogen) atoms. The largest absolute Gasteiger partial charge is 0.425 e. The van der Waals surface area contributed by atoms with Crippen LogP contribution in [0, 0.1) is 11.3 Å². The molecule has 2 saturated heterocycles. The predicted molar refractivity (Wildman–Crippen MR) is 73.1 cm³/mol. The Hall–Kier alpha value is -0.990. The molecule has 0 radical (unpaired) electrons. The quantitative estimate of drug-likeness (QED) is 0.800. The van der Waals surface area contributed by atoms with Crippen molar-refractivity contribution in [1.82, 2.24) is 14.5 Å². The minimum absolute atomic E-state index is 0.212. The monoisotopic (exact) mass is 313 g/mol. The number of hydrogen-bond donors (Lipinski definition) is 0. The molecule has 2 atom stereocenters. The zero-order chi connectivity index (χ0) is 14.7. The number of ether oxygens (including phenoxy) is 1. The summed E-state index contributed by atoms with van der Waals surface area (Å²) in [6.45, 7) is 2.18. The number of nitrogens with zero attached hydrogens (tertiary/aromatic N) is 3. The normalized spacial score (nSPS) is 33.5. The summed E-state index contributed by atoms with van der Waals surface area (Å²) in [6, 6.07) is 0. The molecule has 3 heterocycles. The van der Waals surface area contributed by atoms with Gasteiger partial charge < -0.3 is 9.15 Å². The Kier molecular flexibility index (Phi) is 2.93. The van der Waals surface area contributed by atoms with E-state index in [1.165, 1.54) is 6.26 Å². The molecule has 8 heteroatoms. The van der Waals surface area contributed by atoms with E-state index in [4.69, 9.17) is 9.15 Å². The van der Waals surface area contributed by atoms with Gasteiger partial charge in [0, 0.05) is 36.8 Å². The number of sulfonamides is 1. The maximum atomic E-state index is 11.8. The van der Waals surface area contributed by atoms with Crippen LogP contribution in [0.4, 0.5) is 0 Å². The van der Waals surface area contributed by atoms with Gasteiger partial charge in [0.1, 0.15) is 0 Å². The molecule has 0 unspecified atom stereocenters. The van der Waals surface area contributed by atoms with E-state index in [-0.39, 0.29) is 11.3 Å². The van der Waals surface area contributed by atoms with Crippen LogP contribution < -0.4 is 0 Å². The van der Waals surface area contributed by atoms with Crippen molar-refractivity contribution in [3.8, 4) is 0 Å². The van der Waals surface area contributed by atoms with E-state index in [0.29, 0.717) is 44.5 Å². The third kappa shape index (κ3) is 2.39. The molecule has 116 valence electrons. The van der Waals surface area contributed by atoms with Gasteiger partial charge in [0.05, 0.1) is 19.5 Å². The van der Waals surface area contributed by atoms with E-state index in [1.807, 2.05) is 0 Å². The minimum atomic E-state index is -3.16. The smallest absolute Gasteiger partial charge is 0.219 e. The molecule has 4 rings (SSSR count). The molecule has 1 aromatic heterocycles. The molecule has 7 nitrogen and oxygen atoms in total. The van der Waals surface area contributed by atoms with E-state index in [2.05, 4.69) is 10.2 Å². The summed E-state index contributed by atoms with van der Waals surface area (Å²) in [6.07, 6.45) is 4.12. The Morgan fingerprint density at radius 2 is 2.19 bits per heavy atom. The molecule has 0 N–H and O–H groups in total. The molecule has 3 aliphatic rings. The van der Waals surface area contributed by atoms with Gasteiger partial charge in [-0.25, -0.2) is 12.7 Å². The van der Waals surface area contributed by atoms with Crippen molar-refractivity contribution in [1.29, 1.82) is 0 Å². The molecule has 0 bridgehead atoms. The zero-order valence-corrected chi connectivity index (χ0v) is 12.8. The van der Waals surface area contributed by atoms with Crippen LogP contribution >= 0.6 is 0 Å². The number of hydrogen-bond acceptors (Lipinski definition) is 6. The molecule has 0 spiro atoms. The summed E-state index contributed by atoms with van der Waals surface area (Å²) in [5.41, 5.74) is -0.212. The number of fused-ring (bicyclic) bond motifs is 1. The van der Waals surface area contributed by atoms with Gasteiger partial charge in [-0.3, -0.25) is 0 Å². The second kappa shape index (κ2) is 4.50. The van der Waals surface area contributed by atoms with Gasteiger partial charge in [0.15, 0.2) is 0 Å². The lowest BCUT2D eigenvalue weighted by molar-refractivity contribution is 0.138. The highest BCUT2D eigenvalue weighted by atomic mass is 32.2. The van der Waals surface area contributed by atoms with Crippen LogP contribution in [-0.2, 0) is 21.2 Å². The Morgan fingerprint density at radius 3 is 2.90 bits per heavy atom. The molecule has 1 aromatic rings. The highest BCUT2D eigenvalue weighted by molar-refractivity contribution is 7.88. The molecule has 0 aromatic carbocycles. The lowest BCUT2D eigenvalue weighted by Crippen LogP contribution is -2.35. The Balaban J connectivity index is 1.56. The van der Waals surface area contributed by atoms with Crippen LogP contribution in [0.3, 0.4) is 0 Å². The summed E-state index contributed by atoms with van der Waals surface area (Å²) >= 11 is 0. The van der Waals surface area contributed by atoms with E-state index in [9.17, 15) is 8.42 Å². The Labute approximate surface area is 123 Å². The fraction of sp³-hybridized carbons (Fsp3) is 0.846. The first kappa shape index (κ1) is 13.7. The standard InChI is InChI=1S/C13H19N3O4S/c1-21(17,18)16-5-10-6-19-8-13(10,7-16)4-11-14-15-12(20-11)9-2-3-9/h9-10H,2-8H2,1H3/t10-,13+/m1/s1. The third-order valence-corrected chi connectivity index (χ3v) is 6.09. The summed E-state index contributed by atoms with van der Waals surface area (Å²) < 4.78 is 36.5. The van der Waals surface area contributed by atoms with Crippen LogP contribution in [0.5, 0.6) is 0 Å². The summed E-state index contributed by atoms with van der Waals surface area (Å²) in [5.74, 6) is 2.00. The van der Waals surface area contributed by atoms with Gasteiger partial charge in [0.25, 0.3) is 0 Å². The first-order valence-electron chi connectivity index (χ1n) is 7.31. The maximum Gasteiger partial charge on any atom is 0.219 e. The van der Waals surface area contributed by atoms with Crippen LogP contribution in [-0.4, -0.2) is 55.5 Å². The second-order valence-electron chi connectivity index (χ2n) is 6.62. The van der Waals surface area contributed by atoms with Crippen molar-refractivity contribution in [3.05, 3.63) is 11.8 Å². The fourth-order valence-corrected chi connectivity index (χ4v) is 4.36. The lowest BCUT2D eigenvalue weighted by atomic mass is 9.78. The van der Waals surface area contributed by atoms with Gasteiger partial charge in [0.2, 0.25) is 21.8 Å². The zero-order valence-electron chi connectivity index (χ0n) is 12.0. The molecule has 0 amide bonds. The molecule has 1 saturated carbocycles. The first-order valence-corrected chi connectivity index (χ1v) is 9.16. The highest BCUT2D eigenvalue weighted by Crippen LogP contribution is 2.45. The van der Waals surface area contributed by atoms with E-state index in [0.717, 1.165) is 18.7 Å². The molecular weight excluding hydrogens is 294 g/mol. The molecule has 3 fully saturated rings. The van der Waals surface area contributed by atoms with Crippen LogP contribution in [0.25, 0.3) is 0 Å². The summed E-state index contributed by atoms with van der Waals surface area (Å²) in [4.78, 5) is 0. The fourth-order valence-electron chi connectivity index (χ4n) is 3.42. The topological polar surface area (TPSA) is 85.5 Å². The lowest BCUT2D eigenvalue weighted by Gasteiger charge is -2.24. The molecular formula is C13H19N3O4S. The maximum absolute atomic E-state index is 11.8. The van der Waals surface area contributed by atoms with E-state index < -0.39 is 10.0 Å². The number of aromatic nitrogens is 2. The van der Waals surface area contributed by atoms with Gasteiger partial charge in [-0.1, -0.05) is 0 Å². The average Bonchev–Trinajstić information content (AvgIpc) is 2.86. The van der Waals surface area contributed by atoms with Gasteiger partial charge in [-0.05, 0) is 12.8 Å². The van der Waals surface area contributed by atoms with Crippen molar-refractivity contribution in [3.63, 3.8) is 0 Å². The highest BCUT2D eigenvalue weighted by Gasteiger charge is 2.53. The van der Waals surface area contributed by atoms with Crippen molar-refractivity contribution in [2.75, 3.05) is 32.6 Å². The average molecular weight is 313 g/mol. The molecule has 2 aliphatic heterocycles. The molecule has 1 aliphatic carbocycles.